The van der Waals surface area contributed by atoms with Gasteiger partial charge in [0, 0.05) is 5.56 Å². The van der Waals surface area contributed by atoms with Gasteiger partial charge in [0.15, 0.2) is 0 Å². The molecule has 0 spiro atoms. The summed E-state index contributed by atoms with van der Waals surface area (Å²) in [5, 5.41) is 0. The van der Waals surface area contributed by atoms with Crippen LogP contribution in [0.15, 0.2) is 29.1 Å². The summed E-state index contributed by atoms with van der Waals surface area (Å²) in [6, 6.07) is 7.35. The third-order valence-electron chi connectivity index (χ3n) is 3.07. The number of nitrogens with one attached hydrogen (secondary N) is 1. The summed E-state index contributed by atoms with van der Waals surface area (Å²) in [4.78, 5) is 28.5. The maximum atomic E-state index is 11.7. The van der Waals surface area contributed by atoms with Crippen molar-refractivity contribution >= 4 is 18.1 Å². The van der Waals surface area contributed by atoms with Gasteiger partial charge >= 0.3 is 0 Å². The van der Waals surface area contributed by atoms with Gasteiger partial charge < -0.3 is 11.5 Å². The summed E-state index contributed by atoms with van der Waals surface area (Å²) in [5.74, 6) is 0.211. The molecule has 1 heterocycles. The SMILES string of the molecule is CC.Nc1nc(N)c(CCCc2ccc(C=O)cc2)c(=O)[nH]1. The lowest BCUT2D eigenvalue weighted by atomic mass is 10.0. The number of hydrogen-bond donors (Lipinski definition) is 3. The minimum atomic E-state index is -0.286. The number of rotatable bonds is 5. The van der Waals surface area contributed by atoms with E-state index < -0.39 is 0 Å². The third-order valence-corrected chi connectivity index (χ3v) is 3.07. The van der Waals surface area contributed by atoms with E-state index in [0.717, 1.165) is 24.7 Å². The first kappa shape index (κ1) is 17.4. The van der Waals surface area contributed by atoms with Crippen LogP contribution in [0, 0.1) is 0 Å². The van der Waals surface area contributed by atoms with Crippen LogP contribution in [-0.4, -0.2) is 16.3 Å². The lowest BCUT2D eigenvalue weighted by Gasteiger charge is -2.05. The summed E-state index contributed by atoms with van der Waals surface area (Å²) < 4.78 is 0. The highest BCUT2D eigenvalue weighted by Crippen LogP contribution is 2.10. The van der Waals surface area contributed by atoms with Crippen LogP contribution in [-0.2, 0) is 12.8 Å². The zero-order valence-electron chi connectivity index (χ0n) is 12.9. The van der Waals surface area contributed by atoms with Crippen molar-refractivity contribution in [2.24, 2.45) is 0 Å². The summed E-state index contributed by atoms with van der Waals surface area (Å²) in [5.41, 5.74) is 13.0. The number of carbonyl (C=O) groups excluding carboxylic acids is 1. The Morgan fingerprint density at radius 1 is 1.14 bits per heavy atom. The van der Waals surface area contributed by atoms with E-state index in [9.17, 15) is 9.59 Å². The monoisotopic (exact) mass is 302 g/mol. The maximum Gasteiger partial charge on any atom is 0.257 e. The number of anilines is 2. The number of benzene rings is 1. The van der Waals surface area contributed by atoms with Crippen molar-refractivity contribution in [3.05, 3.63) is 51.3 Å². The Hall–Kier alpha value is -2.63. The number of H-pyrrole nitrogens is 1. The molecule has 6 heteroatoms. The van der Waals surface area contributed by atoms with E-state index in [1.807, 2.05) is 26.0 Å². The number of hydrogen-bond acceptors (Lipinski definition) is 5. The first-order chi connectivity index (χ1) is 10.6. The Bertz CT molecular complexity index is 663. The fourth-order valence-electron chi connectivity index (χ4n) is 2.01. The molecule has 6 nitrogen and oxygen atoms in total. The molecule has 0 atom stereocenters. The van der Waals surface area contributed by atoms with Crippen LogP contribution in [0.4, 0.5) is 11.8 Å². The molecular formula is C16H22N4O2. The maximum absolute atomic E-state index is 11.7. The number of aryl methyl sites for hydroxylation is 1. The molecule has 0 bridgehead atoms. The predicted molar refractivity (Wildman–Crippen MR) is 88.9 cm³/mol. The molecule has 22 heavy (non-hydrogen) atoms. The highest BCUT2D eigenvalue weighted by Gasteiger charge is 2.07. The normalized spacial score (nSPS) is 9.73. The summed E-state index contributed by atoms with van der Waals surface area (Å²) in [7, 11) is 0. The Balaban J connectivity index is 0.00000116. The van der Waals surface area contributed by atoms with Crippen LogP contribution in [0.1, 0.15) is 41.8 Å². The highest BCUT2D eigenvalue weighted by molar-refractivity contribution is 5.74. The van der Waals surface area contributed by atoms with E-state index in [-0.39, 0.29) is 17.3 Å². The first-order valence-electron chi connectivity index (χ1n) is 7.28. The first-order valence-corrected chi connectivity index (χ1v) is 7.28. The largest absolute Gasteiger partial charge is 0.383 e. The van der Waals surface area contributed by atoms with Crippen LogP contribution in [0.3, 0.4) is 0 Å². The Morgan fingerprint density at radius 2 is 1.77 bits per heavy atom. The molecule has 0 amide bonds. The van der Waals surface area contributed by atoms with Crippen molar-refractivity contribution in [3.8, 4) is 0 Å². The summed E-state index contributed by atoms with van der Waals surface area (Å²) >= 11 is 0. The molecule has 0 aliphatic carbocycles. The number of carbonyl (C=O) groups is 1. The minimum Gasteiger partial charge on any atom is -0.383 e. The fourth-order valence-corrected chi connectivity index (χ4v) is 2.01. The standard InChI is InChI=1S/C14H16N4O2.C2H6/c15-12-11(13(20)18-14(16)17-12)3-1-2-9-4-6-10(8-19)7-5-9;1-2/h4-8H,1-3H2,(H5,15,16,17,18,20);1-2H3. The number of nitrogens with two attached hydrogens (primary N) is 2. The van der Waals surface area contributed by atoms with Crippen molar-refractivity contribution in [1.82, 2.24) is 9.97 Å². The van der Waals surface area contributed by atoms with Crippen molar-refractivity contribution < 1.29 is 4.79 Å². The van der Waals surface area contributed by atoms with Gasteiger partial charge in [0.2, 0.25) is 5.95 Å². The minimum absolute atomic E-state index is 0.0284. The molecule has 0 aliphatic rings. The van der Waals surface area contributed by atoms with Gasteiger partial charge in [-0.1, -0.05) is 38.1 Å². The average molecular weight is 302 g/mol. The molecule has 0 unspecified atom stereocenters. The lowest BCUT2D eigenvalue weighted by molar-refractivity contribution is 0.112. The molecule has 1 aromatic carbocycles. The fraction of sp³-hybridized carbons (Fsp3) is 0.312. The molecule has 0 aliphatic heterocycles. The zero-order valence-corrected chi connectivity index (χ0v) is 12.9. The number of nitrogens with zero attached hydrogens (tertiary/aromatic N) is 1. The molecule has 118 valence electrons. The van der Waals surface area contributed by atoms with Gasteiger partial charge in [-0.15, -0.1) is 0 Å². The number of nitrogen functional groups attached to an aromatic ring is 2. The van der Waals surface area contributed by atoms with Crippen LogP contribution < -0.4 is 17.0 Å². The molecule has 2 aromatic rings. The molecule has 1 aromatic heterocycles. The second-order valence-electron chi connectivity index (χ2n) is 4.53. The van der Waals surface area contributed by atoms with E-state index in [1.54, 1.807) is 12.1 Å². The number of aldehydes is 1. The molecule has 2 rings (SSSR count). The Labute approximate surface area is 129 Å². The van der Waals surface area contributed by atoms with Crippen LogP contribution in [0.5, 0.6) is 0 Å². The third kappa shape index (κ3) is 4.73. The lowest BCUT2D eigenvalue weighted by Crippen LogP contribution is -2.19. The molecular weight excluding hydrogens is 280 g/mol. The van der Waals surface area contributed by atoms with Crippen molar-refractivity contribution in [2.75, 3.05) is 11.5 Å². The second kappa shape index (κ2) is 8.61. The smallest absolute Gasteiger partial charge is 0.257 e. The van der Waals surface area contributed by atoms with Gasteiger partial charge in [0.05, 0.1) is 5.56 Å². The Kier molecular flexibility index (Phi) is 6.82. The van der Waals surface area contributed by atoms with Crippen LogP contribution in [0.25, 0.3) is 0 Å². The zero-order chi connectivity index (χ0) is 16.5. The van der Waals surface area contributed by atoms with Gasteiger partial charge in [0.25, 0.3) is 5.56 Å². The number of aromatic amines is 1. The Morgan fingerprint density at radius 3 is 2.32 bits per heavy atom. The van der Waals surface area contributed by atoms with E-state index in [2.05, 4.69) is 9.97 Å². The topological polar surface area (TPSA) is 115 Å². The second-order valence-corrected chi connectivity index (χ2v) is 4.53. The average Bonchev–Trinajstić information content (AvgIpc) is 2.52. The van der Waals surface area contributed by atoms with Crippen LogP contribution in [0.2, 0.25) is 0 Å². The molecule has 0 radical (unpaired) electrons. The number of aromatic nitrogens is 2. The predicted octanol–water partition coefficient (Wildman–Crippen LogP) is 1.95. The van der Waals surface area contributed by atoms with E-state index in [1.165, 1.54) is 0 Å². The van der Waals surface area contributed by atoms with E-state index >= 15 is 0 Å². The van der Waals surface area contributed by atoms with Gasteiger partial charge in [-0.05, 0) is 24.8 Å². The van der Waals surface area contributed by atoms with Crippen molar-refractivity contribution in [3.63, 3.8) is 0 Å². The van der Waals surface area contributed by atoms with E-state index in [4.69, 9.17) is 11.5 Å². The molecule has 5 N–H and O–H groups in total. The van der Waals surface area contributed by atoms with Crippen molar-refractivity contribution in [1.29, 1.82) is 0 Å². The summed E-state index contributed by atoms with van der Waals surface area (Å²) in [6.45, 7) is 4.00. The molecule has 0 saturated heterocycles. The van der Waals surface area contributed by atoms with E-state index in [0.29, 0.717) is 17.5 Å². The van der Waals surface area contributed by atoms with Gasteiger partial charge in [-0.3, -0.25) is 14.6 Å². The van der Waals surface area contributed by atoms with Gasteiger partial charge in [-0.2, -0.15) is 4.98 Å². The highest BCUT2D eigenvalue weighted by atomic mass is 16.1. The molecule has 0 saturated carbocycles. The summed E-state index contributed by atoms with van der Waals surface area (Å²) in [6.07, 6.45) is 2.90. The molecule has 0 fully saturated rings. The quantitative estimate of drug-likeness (QED) is 0.730. The van der Waals surface area contributed by atoms with Crippen LogP contribution >= 0.6 is 0 Å². The van der Waals surface area contributed by atoms with Gasteiger partial charge in [0.1, 0.15) is 12.1 Å². The van der Waals surface area contributed by atoms with Gasteiger partial charge in [-0.25, -0.2) is 0 Å². The van der Waals surface area contributed by atoms with Crippen molar-refractivity contribution in [2.45, 2.75) is 33.1 Å².